The van der Waals surface area contributed by atoms with Gasteiger partial charge >= 0.3 is 0 Å². The van der Waals surface area contributed by atoms with Gasteiger partial charge in [0.25, 0.3) is 0 Å². The lowest BCUT2D eigenvalue weighted by Gasteiger charge is -2.08. The maximum Gasteiger partial charge on any atom is 0.142 e. The SMILES string of the molecule is Oc1cc(Cl)ccc1-n1cc(CC(O)c2ccccc2)nn1. The summed E-state index contributed by atoms with van der Waals surface area (Å²) in [6.07, 6.45) is 1.37. The van der Waals surface area contributed by atoms with Crippen LogP contribution in [0.15, 0.2) is 54.7 Å². The number of aliphatic hydroxyl groups excluding tert-OH is 1. The fraction of sp³-hybridized carbons (Fsp3) is 0.125. The Kier molecular flexibility index (Phi) is 4.09. The van der Waals surface area contributed by atoms with E-state index in [-0.39, 0.29) is 5.75 Å². The molecule has 0 bridgehead atoms. The number of aromatic nitrogens is 3. The number of halogens is 1. The smallest absolute Gasteiger partial charge is 0.142 e. The van der Waals surface area contributed by atoms with Gasteiger partial charge in [-0.2, -0.15) is 0 Å². The van der Waals surface area contributed by atoms with Crippen molar-refractivity contribution >= 4 is 11.6 Å². The highest BCUT2D eigenvalue weighted by Gasteiger charge is 2.12. The predicted octanol–water partition coefficient (Wildman–Crippen LogP) is 2.90. The van der Waals surface area contributed by atoms with Crippen LogP contribution in [-0.2, 0) is 6.42 Å². The Labute approximate surface area is 132 Å². The normalized spacial score (nSPS) is 12.3. The molecule has 0 amide bonds. The van der Waals surface area contributed by atoms with Crippen LogP contribution in [0.2, 0.25) is 5.02 Å². The lowest BCUT2D eigenvalue weighted by Crippen LogP contribution is -2.01. The number of aromatic hydroxyl groups is 1. The van der Waals surface area contributed by atoms with Crippen molar-refractivity contribution in [2.24, 2.45) is 0 Å². The Bertz CT molecular complexity index is 774. The summed E-state index contributed by atoms with van der Waals surface area (Å²) in [5, 5.41) is 28.5. The van der Waals surface area contributed by atoms with E-state index < -0.39 is 6.10 Å². The molecule has 1 atom stereocenters. The summed E-state index contributed by atoms with van der Waals surface area (Å²) in [7, 11) is 0. The van der Waals surface area contributed by atoms with Gasteiger partial charge in [-0.25, -0.2) is 4.68 Å². The minimum Gasteiger partial charge on any atom is -0.506 e. The monoisotopic (exact) mass is 315 g/mol. The molecule has 1 unspecified atom stereocenters. The van der Waals surface area contributed by atoms with E-state index in [4.69, 9.17) is 11.6 Å². The Balaban J connectivity index is 1.79. The van der Waals surface area contributed by atoms with Crippen molar-refractivity contribution in [2.45, 2.75) is 12.5 Å². The first-order valence-corrected chi connectivity index (χ1v) is 7.14. The highest BCUT2D eigenvalue weighted by molar-refractivity contribution is 6.30. The molecule has 5 nitrogen and oxygen atoms in total. The minimum atomic E-state index is -0.648. The fourth-order valence-corrected chi connectivity index (χ4v) is 2.36. The van der Waals surface area contributed by atoms with Crippen molar-refractivity contribution in [1.29, 1.82) is 0 Å². The maximum absolute atomic E-state index is 10.2. The zero-order chi connectivity index (χ0) is 15.5. The van der Waals surface area contributed by atoms with E-state index in [0.717, 1.165) is 5.56 Å². The van der Waals surface area contributed by atoms with Gasteiger partial charge in [-0.3, -0.25) is 0 Å². The summed E-state index contributed by atoms with van der Waals surface area (Å²) in [4.78, 5) is 0. The molecule has 22 heavy (non-hydrogen) atoms. The number of aliphatic hydroxyl groups is 1. The van der Waals surface area contributed by atoms with Crippen LogP contribution in [-0.4, -0.2) is 25.2 Å². The van der Waals surface area contributed by atoms with E-state index in [1.807, 2.05) is 30.3 Å². The van der Waals surface area contributed by atoms with Gasteiger partial charge in [-0.1, -0.05) is 47.1 Å². The molecule has 0 radical (unpaired) electrons. The van der Waals surface area contributed by atoms with Gasteiger partial charge in [-0.05, 0) is 17.7 Å². The van der Waals surface area contributed by atoms with Crippen molar-refractivity contribution in [1.82, 2.24) is 15.0 Å². The Hall–Kier alpha value is -2.37. The third-order valence-electron chi connectivity index (χ3n) is 3.31. The summed E-state index contributed by atoms with van der Waals surface area (Å²) in [6.45, 7) is 0. The van der Waals surface area contributed by atoms with Crippen LogP contribution < -0.4 is 0 Å². The van der Waals surface area contributed by atoms with Crippen LogP contribution in [0.1, 0.15) is 17.4 Å². The molecule has 0 saturated carbocycles. The molecule has 1 heterocycles. The molecule has 0 aliphatic heterocycles. The molecule has 0 aliphatic rings. The van der Waals surface area contributed by atoms with Crippen LogP contribution >= 0.6 is 11.6 Å². The summed E-state index contributed by atoms with van der Waals surface area (Å²) < 4.78 is 1.46. The van der Waals surface area contributed by atoms with Gasteiger partial charge in [0.15, 0.2) is 0 Å². The molecule has 3 rings (SSSR count). The molecule has 1 aromatic heterocycles. The van der Waals surface area contributed by atoms with E-state index in [9.17, 15) is 10.2 Å². The average Bonchev–Trinajstić information content (AvgIpc) is 2.96. The van der Waals surface area contributed by atoms with Crippen molar-refractivity contribution in [3.8, 4) is 11.4 Å². The molecular formula is C16H14ClN3O2. The molecule has 3 aromatic rings. The molecule has 0 saturated heterocycles. The molecule has 0 aliphatic carbocycles. The van der Waals surface area contributed by atoms with Crippen molar-refractivity contribution in [3.63, 3.8) is 0 Å². The lowest BCUT2D eigenvalue weighted by molar-refractivity contribution is 0.177. The zero-order valence-electron chi connectivity index (χ0n) is 11.6. The summed E-state index contributed by atoms with van der Waals surface area (Å²) in [6, 6.07) is 14.1. The number of hydrogen-bond donors (Lipinski definition) is 2. The van der Waals surface area contributed by atoms with E-state index >= 15 is 0 Å². The Morgan fingerprint density at radius 1 is 1.14 bits per heavy atom. The largest absolute Gasteiger partial charge is 0.506 e. The van der Waals surface area contributed by atoms with E-state index in [1.165, 1.54) is 10.7 Å². The van der Waals surface area contributed by atoms with Crippen LogP contribution in [0.5, 0.6) is 5.75 Å². The third-order valence-corrected chi connectivity index (χ3v) is 3.55. The van der Waals surface area contributed by atoms with Crippen molar-refractivity contribution in [3.05, 3.63) is 71.0 Å². The first kappa shape index (κ1) is 14.6. The highest BCUT2D eigenvalue weighted by Crippen LogP contribution is 2.25. The second-order valence-electron chi connectivity index (χ2n) is 4.92. The van der Waals surface area contributed by atoms with Gasteiger partial charge in [-0.15, -0.1) is 5.10 Å². The van der Waals surface area contributed by atoms with Gasteiger partial charge in [0.1, 0.15) is 11.4 Å². The highest BCUT2D eigenvalue weighted by atomic mass is 35.5. The molecule has 6 heteroatoms. The lowest BCUT2D eigenvalue weighted by atomic mass is 10.1. The van der Waals surface area contributed by atoms with Crippen LogP contribution in [0.3, 0.4) is 0 Å². The molecule has 2 aromatic carbocycles. The standard InChI is InChI=1S/C16H14ClN3O2/c17-12-6-7-14(16(22)8-12)20-10-13(18-19-20)9-15(21)11-4-2-1-3-5-11/h1-8,10,15,21-22H,9H2. The summed E-state index contributed by atoms with van der Waals surface area (Å²) in [5.74, 6) is 0.0209. The molecule has 0 fully saturated rings. The second-order valence-corrected chi connectivity index (χ2v) is 5.35. The Morgan fingerprint density at radius 2 is 1.91 bits per heavy atom. The van der Waals surface area contributed by atoms with E-state index in [1.54, 1.807) is 18.3 Å². The molecule has 2 N–H and O–H groups in total. The third kappa shape index (κ3) is 3.10. The predicted molar refractivity (Wildman–Crippen MR) is 83.1 cm³/mol. The maximum atomic E-state index is 10.2. The van der Waals surface area contributed by atoms with Crippen LogP contribution in [0, 0.1) is 0 Å². The molecular weight excluding hydrogens is 302 g/mol. The summed E-state index contributed by atoms with van der Waals surface area (Å²) >= 11 is 5.81. The minimum absolute atomic E-state index is 0.0209. The van der Waals surface area contributed by atoms with Crippen LogP contribution in [0.25, 0.3) is 5.69 Å². The second kappa shape index (κ2) is 6.17. The zero-order valence-corrected chi connectivity index (χ0v) is 12.4. The first-order valence-electron chi connectivity index (χ1n) is 6.76. The number of phenolic OH excluding ortho intramolecular Hbond substituents is 1. The van der Waals surface area contributed by atoms with Crippen molar-refractivity contribution in [2.75, 3.05) is 0 Å². The fourth-order valence-electron chi connectivity index (χ4n) is 2.19. The summed E-state index contributed by atoms with van der Waals surface area (Å²) in [5.41, 5.74) is 1.94. The number of benzene rings is 2. The quantitative estimate of drug-likeness (QED) is 0.776. The number of phenols is 1. The average molecular weight is 316 g/mol. The molecule has 0 spiro atoms. The van der Waals surface area contributed by atoms with Crippen LogP contribution in [0.4, 0.5) is 0 Å². The number of hydrogen-bond acceptors (Lipinski definition) is 4. The Morgan fingerprint density at radius 3 is 2.64 bits per heavy atom. The number of nitrogens with zero attached hydrogens (tertiary/aromatic N) is 3. The van der Waals surface area contributed by atoms with Crippen molar-refractivity contribution < 1.29 is 10.2 Å². The van der Waals surface area contributed by atoms with Gasteiger partial charge < -0.3 is 10.2 Å². The topological polar surface area (TPSA) is 71.2 Å². The molecule has 112 valence electrons. The van der Waals surface area contributed by atoms with Gasteiger partial charge in [0.05, 0.1) is 18.0 Å². The van der Waals surface area contributed by atoms with Gasteiger partial charge in [0.2, 0.25) is 0 Å². The van der Waals surface area contributed by atoms with E-state index in [0.29, 0.717) is 22.8 Å². The number of rotatable bonds is 4. The first-order chi connectivity index (χ1) is 10.6. The van der Waals surface area contributed by atoms with E-state index in [2.05, 4.69) is 10.3 Å². The van der Waals surface area contributed by atoms with Gasteiger partial charge in [0, 0.05) is 17.5 Å².